The summed E-state index contributed by atoms with van der Waals surface area (Å²) >= 11 is 0. The van der Waals surface area contributed by atoms with Crippen molar-refractivity contribution in [1.82, 2.24) is 14.8 Å². The average Bonchev–Trinajstić information content (AvgIpc) is 2.45. The second-order valence-corrected chi connectivity index (χ2v) is 5.78. The van der Waals surface area contributed by atoms with Crippen molar-refractivity contribution in [1.29, 1.82) is 0 Å². The molecule has 2 rings (SSSR count). The molecule has 6 heteroatoms. The van der Waals surface area contributed by atoms with Crippen LogP contribution in [-0.4, -0.2) is 33.6 Å². The Kier molecular flexibility index (Phi) is 2.79. The van der Waals surface area contributed by atoms with Gasteiger partial charge in [0, 0.05) is 25.2 Å². The molecule has 0 aromatic heterocycles. The molecule has 0 aromatic rings. The SMILES string of the molecule is CNS(=O)(=O)NC1CC2CCC(C1)N2. The molecule has 2 atom stereocenters. The van der Waals surface area contributed by atoms with Gasteiger partial charge in [-0.05, 0) is 25.7 Å². The summed E-state index contributed by atoms with van der Waals surface area (Å²) < 4.78 is 27.5. The van der Waals surface area contributed by atoms with E-state index in [2.05, 4.69) is 14.8 Å². The Morgan fingerprint density at radius 3 is 2.29 bits per heavy atom. The van der Waals surface area contributed by atoms with Gasteiger partial charge < -0.3 is 5.32 Å². The third kappa shape index (κ3) is 2.25. The van der Waals surface area contributed by atoms with E-state index in [-0.39, 0.29) is 6.04 Å². The van der Waals surface area contributed by atoms with E-state index in [0.717, 1.165) is 12.8 Å². The van der Waals surface area contributed by atoms with E-state index >= 15 is 0 Å². The smallest absolute Gasteiger partial charge is 0.276 e. The maximum atomic E-state index is 11.3. The summed E-state index contributed by atoms with van der Waals surface area (Å²) in [6.07, 6.45) is 4.19. The monoisotopic (exact) mass is 219 g/mol. The van der Waals surface area contributed by atoms with Crippen LogP contribution in [0.25, 0.3) is 0 Å². The highest BCUT2D eigenvalue weighted by atomic mass is 32.2. The van der Waals surface area contributed by atoms with Gasteiger partial charge >= 0.3 is 0 Å². The van der Waals surface area contributed by atoms with Crippen molar-refractivity contribution in [3.8, 4) is 0 Å². The van der Waals surface area contributed by atoms with Crippen LogP contribution >= 0.6 is 0 Å². The lowest BCUT2D eigenvalue weighted by Gasteiger charge is -2.29. The normalized spacial score (nSPS) is 37.4. The Balaban J connectivity index is 1.94. The summed E-state index contributed by atoms with van der Waals surface area (Å²) in [4.78, 5) is 0. The second kappa shape index (κ2) is 3.77. The standard InChI is InChI=1S/C8H17N3O2S/c1-9-14(12,13)11-8-4-6-2-3-7(5-8)10-6/h6-11H,2-5H2,1H3. The number of hydrogen-bond donors (Lipinski definition) is 3. The van der Waals surface area contributed by atoms with Crippen LogP contribution in [0.4, 0.5) is 0 Å². The minimum absolute atomic E-state index is 0.103. The van der Waals surface area contributed by atoms with Gasteiger partial charge in [-0.3, -0.25) is 0 Å². The van der Waals surface area contributed by atoms with Crippen LogP contribution in [0.1, 0.15) is 25.7 Å². The predicted molar refractivity (Wildman–Crippen MR) is 54.1 cm³/mol. The first-order chi connectivity index (χ1) is 6.59. The minimum atomic E-state index is -3.27. The van der Waals surface area contributed by atoms with Gasteiger partial charge in [-0.25, -0.2) is 4.72 Å². The molecule has 14 heavy (non-hydrogen) atoms. The molecule has 0 spiro atoms. The summed E-state index contributed by atoms with van der Waals surface area (Å²) in [5.74, 6) is 0. The number of hydrogen-bond acceptors (Lipinski definition) is 3. The minimum Gasteiger partial charge on any atom is -0.311 e. The predicted octanol–water partition coefficient (Wildman–Crippen LogP) is -0.677. The van der Waals surface area contributed by atoms with Gasteiger partial charge in [-0.15, -0.1) is 0 Å². The molecule has 2 saturated heterocycles. The first-order valence-corrected chi connectivity index (χ1v) is 6.54. The highest BCUT2D eigenvalue weighted by molar-refractivity contribution is 7.87. The van der Waals surface area contributed by atoms with Crippen molar-refractivity contribution in [2.45, 2.75) is 43.8 Å². The summed E-state index contributed by atoms with van der Waals surface area (Å²) in [7, 11) is -1.84. The van der Waals surface area contributed by atoms with Crippen molar-refractivity contribution in [3.63, 3.8) is 0 Å². The van der Waals surface area contributed by atoms with Gasteiger partial charge in [-0.2, -0.15) is 13.1 Å². The lowest BCUT2D eigenvalue weighted by Crippen LogP contribution is -2.50. The van der Waals surface area contributed by atoms with Gasteiger partial charge in [0.2, 0.25) is 0 Å². The topological polar surface area (TPSA) is 70.2 Å². The molecule has 82 valence electrons. The first-order valence-electron chi connectivity index (χ1n) is 5.06. The van der Waals surface area contributed by atoms with E-state index in [0.29, 0.717) is 12.1 Å². The Bertz CT molecular complexity index is 292. The number of rotatable bonds is 3. The molecule has 2 fully saturated rings. The summed E-state index contributed by atoms with van der Waals surface area (Å²) in [5.41, 5.74) is 0. The van der Waals surface area contributed by atoms with Crippen LogP contribution in [0.2, 0.25) is 0 Å². The van der Waals surface area contributed by atoms with Crippen LogP contribution in [-0.2, 0) is 10.2 Å². The van der Waals surface area contributed by atoms with Crippen molar-refractivity contribution < 1.29 is 8.42 Å². The molecule has 2 aliphatic heterocycles. The molecule has 3 N–H and O–H groups in total. The number of piperidine rings is 1. The first kappa shape index (κ1) is 10.4. The Hall–Kier alpha value is -0.170. The van der Waals surface area contributed by atoms with E-state index < -0.39 is 10.2 Å². The zero-order valence-corrected chi connectivity index (χ0v) is 9.10. The fourth-order valence-electron chi connectivity index (χ4n) is 2.43. The van der Waals surface area contributed by atoms with E-state index in [4.69, 9.17) is 0 Å². The highest BCUT2D eigenvalue weighted by Crippen LogP contribution is 2.26. The second-order valence-electron chi connectivity index (χ2n) is 4.13. The van der Waals surface area contributed by atoms with Crippen molar-refractivity contribution in [2.24, 2.45) is 0 Å². The molecule has 2 heterocycles. The van der Waals surface area contributed by atoms with Crippen molar-refractivity contribution in [3.05, 3.63) is 0 Å². The molecule has 2 unspecified atom stereocenters. The van der Waals surface area contributed by atoms with E-state index in [1.165, 1.54) is 19.9 Å². The molecule has 0 saturated carbocycles. The highest BCUT2D eigenvalue weighted by Gasteiger charge is 2.34. The Labute approximate surface area is 84.8 Å². The van der Waals surface area contributed by atoms with Crippen LogP contribution in [0, 0.1) is 0 Å². The summed E-state index contributed by atoms with van der Waals surface area (Å²) in [6, 6.07) is 1.13. The zero-order chi connectivity index (χ0) is 10.2. The van der Waals surface area contributed by atoms with Crippen LogP contribution in [0.5, 0.6) is 0 Å². The molecule has 0 aliphatic carbocycles. The van der Waals surface area contributed by atoms with Crippen molar-refractivity contribution in [2.75, 3.05) is 7.05 Å². The summed E-state index contributed by atoms with van der Waals surface area (Å²) in [6.45, 7) is 0. The molecule has 5 nitrogen and oxygen atoms in total. The number of nitrogens with one attached hydrogen (secondary N) is 3. The van der Waals surface area contributed by atoms with Crippen LogP contribution < -0.4 is 14.8 Å². The molecular weight excluding hydrogens is 202 g/mol. The Morgan fingerprint density at radius 2 is 1.79 bits per heavy atom. The average molecular weight is 219 g/mol. The summed E-state index contributed by atoms with van der Waals surface area (Å²) in [5, 5.41) is 3.47. The van der Waals surface area contributed by atoms with Gasteiger partial charge in [-0.1, -0.05) is 0 Å². The third-order valence-corrected chi connectivity index (χ3v) is 4.24. The van der Waals surface area contributed by atoms with Crippen LogP contribution in [0.15, 0.2) is 0 Å². The quantitative estimate of drug-likeness (QED) is 0.589. The molecular formula is C8H17N3O2S. The van der Waals surface area contributed by atoms with Gasteiger partial charge in [0.05, 0.1) is 0 Å². The van der Waals surface area contributed by atoms with Crippen molar-refractivity contribution >= 4 is 10.2 Å². The van der Waals surface area contributed by atoms with E-state index in [1.807, 2.05) is 0 Å². The van der Waals surface area contributed by atoms with Crippen LogP contribution in [0.3, 0.4) is 0 Å². The lowest BCUT2D eigenvalue weighted by atomic mass is 10.0. The molecule has 2 aliphatic rings. The largest absolute Gasteiger partial charge is 0.311 e. The molecule has 0 aromatic carbocycles. The molecule has 2 bridgehead atoms. The maximum Gasteiger partial charge on any atom is 0.276 e. The van der Waals surface area contributed by atoms with E-state index in [9.17, 15) is 8.42 Å². The fourth-order valence-corrected chi connectivity index (χ4v) is 3.18. The third-order valence-electron chi connectivity index (χ3n) is 3.06. The van der Waals surface area contributed by atoms with Gasteiger partial charge in [0.1, 0.15) is 0 Å². The zero-order valence-electron chi connectivity index (χ0n) is 8.29. The van der Waals surface area contributed by atoms with E-state index in [1.54, 1.807) is 0 Å². The molecule has 0 amide bonds. The Morgan fingerprint density at radius 1 is 1.21 bits per heavy atom. The molecule has 0 radical (unpaired) electrons. The fraction of sp³-hybridized carbons (Fsp3) is 1.00. The lowest BCUT2D eigenvalue weighted by molar-refractivity contribution is 0.344. The number of fused-ring (bicyclic) bond motifs is 2. The maximum absolute atomic E-state index is 11.3. The van der Waals surface area contributed by atoms with Gasteiger partial charge in [0.25, 0.3) is 10.2 Å². The van der Waals surface area contributed by atoms with Gasteiger partial charge in [0.15, 0.2) is 0 Å².